The fourth-order valence-corrected chi connectivity index (χ4v) is 2.46. The standard InChI is InChI=1S/C15H18F3N3O3/c16-15(17,18)24-12-3-1-10(2-4-12)5-7-20-14(23)21-8-6-11(9-21)13(19)22/h1-4,11H,5-9H2,(H2,19,22)(H,20,23)/t11-/m1/s1. The van der Waals surface area contributed by atoms with E-state index in [0.717, 1.165) is 5.56 Å². The molecule has 9 heteroatoms. The van der Waals surface area contributed by atoms with E-state index in [-0.39, 0.29) is 17.7 Å². The van der Waals surface area contributed by atoms with E-state index < -0.39 is 12.3 Å². The quantitative estimate of drug-likeness (QED) is 0.851. The predicted molar refractivity (Wildman–Crippen MR) is 79.1 cm³/mol. The molecule has 0 bridgehead atoms. The number of benzene rings is 1. The van der Waals surface area contributed by atoms with Gasteiger partial charge in [-0.25, -0.2) is 4.79 Å². The van der Waals surface area contributed by atoms with Crippen LogP contribution >= 0.6 is 0 Å². The number of nitrogens with two attached hydrogens (primary N) is 1. The number of ether oxygens (including phenoxy) is 1. The van der Waals surface area contributed by atoms with Crippen LogP contribution in [0.5, 0.6) is 5.75 Å². The Bertz CT molecular complexity index is 590. The topological polar surface area (TPSA) is 84.7 Å². The van der Waals surface area contributed by atoms with E-state index in [1.165, 1.54) is 29.2 Å². The van der Waals surface area contributed by atoms with Crippen LogP contribution in [0.1, 0.15) is 12.0 Å². The van der Waals surface area contributed by atoms with Crippen LogP contribution in [0, 0.1) is 5.92 Å². The summed E-state index contributed by atoms with van der Waals surface area (Å²) in [7, 11) is 0. The van der Waals surface area contributed by atoms with Gasteiger partial charge in [0.2, 0.25) is 5.91 Å². The molecule has 0 spiro atoms. The molecule has 132 valence electrons. The number of amides is 3. The molecule has 1 saturated heterocycles. The fourth-order valence-electron chi connectivity index (χ4n) is 2.46. The molecule has 0 saturated carbocycles. The summed E-state index contributed by atoms with van der Waals surface area (Å²) in [6, 6.07) is 5.18. The highest BCUT2D eigenvalue weighted by atomic mass is 19.4. The molecule has 1 aromatic rings. The third-order valence-corrected chi connectivity index (χ3v) is 3.72. The van der Waals surface area contributed by atoms with Gasteiger partial charge in [-0.15, -0.1) is 13.2 Å². The Morgan fingerprint density at radius 1 is 1.29 bits per heavy atom. The maximum Gasteiger partial charge on any atom is 0.573 e. The van der Waals surface area contributed by atoms with Crippen LogP contribution < -0.4 is 15.8 Å². The number of hydrogen-bond donors (Lipinski definition) is 2. The molecule has 0 radical (unpaired) electrons. The van der Waals surface area contributed by atoms with Crippen LogP contribution in [-0.2, 0) is 11.2 Å². The first-order valence-corrected chi connectivity index (χ1v) is 7.41. The van der Waals surface area contributed by atoms with Crippen LogP contribution in [0.3, 0.4) is 0 Å². The predicted octanol–water partition coefficient (Wildman–Crippen LogP) is 1.64. The van der Waals surface area contributed by atoms with Gasteiger partial charge in [-0.3, -0.25) is 4.79 Å². The molecule has 24 heavy (non-hydrogen) atoms. The number of halogens is 3. The van der Waals surface area contributed by atoms with Crippen LogP contribution in [-0.4, -0.2) is 42.8 Å². The SMILES string of the molecule is NC(=O)[C@@H]1CCN(C(=O)NCCc2ccc(OC(F)(F)F)cc2)C1. The molecule has 0 aliphatic carbocycles. The summed E-state index contributed by atoms with van der Waals surface area (Å²) >= 11 is 0. The maximum atomic E-state index is 12.1. The van der Waals surface area contributed by atoms with E-state index >= 15 is 0 Å². The second kappa shape index (κ2) is 7.41. The monoisotopic (exact) mass is 345 g/mol. The molecule has 1 heterocycles. The molecular formula is C15H18F3N3O3. The van der Waals surface area contributed by atoms with Gasteiger partial charge in [-0.1, -0.05) is 12.1 Å². The Morgan fingerprint density at radius 2 is 1.96 bits per heavy atom. The van der Waals surface area contributed by atoms with E-state index in [1.54, 1.807) is 0 Å². The molecule has 0 aromatic heterocycles. The summed E-state index contributed by atoms with van der Waals surface area (Å²) in [5, 5.41) is 2.71. The van der Waals surface area contributed by atoms with Crippen LogP contribution in [0.2, 0.25) is 0 Å². The van der Waals surface area contributed by atoms with E-state index in [1.807, 2.05) is 0 Å². The molecule has 6 nitrogen and oxygen atoms in total. The van der Waals surface area contributed by atoms with Gasteiger partial charge in [0.1, 0.15) is 5.75 Å². The van der Waals surface area contributed by atoms with Gasteiger partial charge >= 0.3 is 12.4 Å². The first-order valence-electron chi connectivity index (χ1n) is 7.41. The van der Waals surface area contributed by atoms with E-state index in [4.69, 9.17) is 5.73 Å². The second-order valence-corrected chi connectivity index (χ2v) is 5.51. The molecule has 1 aliphatic heterocycles. The second-order valence-electron chi connectivity index (χ2n) is 5.51. The van der Waals surface area contributed by atoms with Gasteiger partial charge < -0.3 is 20.7 Å². The maximum absolute atomic E-state index is 12.1. The van der Waals surface area contributed by atoms with Gasteiger partial charge in [0.25, 0.3) is 0 Å². The minimum atomic E-state index is -4.71. The van der Waals surface area contributed by atoms with Crippen molar-refractivity contribution in [3.63, 3.8) is 0 Å². The Labute approximate surface area is 136 Å². The average Bonchev–Trinajstić information content (AvgIpc) is 2.97. The molecule has 3 amide bonds. The number of nitrogens with one attached hydrogen (secondary N) is 1. The van der Waals surface area contributed by atoms with Crippen molar-refractivity contribution < 1.29 is 27.5 Å². The number of likely N-dealkylation sites (tertiary alicyclic amines) is 1. The minimum absolute atomic E-state index is 0.282. The highest BCUT2D eigenvalue weighted by Gasteiger charge is 2.31. The van der Waals surface area contributed by atoms with E-state index in [0.29, 0.717) is 32.5 Å². The third-order valence-electron chi connectivity index (χ3n) is 3.72. The molecule has 1 atom stereocenters. The minimum Gasteiger partial charge on any atom is -0.406 e. The number of rotatable bonds is 5. The zero-order valence-electron chi connectivity index (χ0n) is 12.8. The highest BCUT2D eigenvalue weighted by molar-refractivity contribution is 5.80. The molecule has 1 fully saturated rings. The molecule has 2 rings (SSSR count). The van der Waals surface area contributed by atoms with Crippen molar-refractivity contribution in [1.29, 1.82) is 0 Å². The number of carbonyl (C=O) groups is 2. The summed E-state index contributed by atoms with van der Waals surface area (Å²) < 4.78 is 39.9. The largest absolute Gasteiger partial charge is 0.573 e. The lowest BCUT2D eigenvalue weighted by Crippen LogP contribution is -2.40. The Balaban J connectivity index is 1.74. The van der Waals surface area contributed by atoms with Gasteiger partial charge in [0.05, 0.1) is 5.92 Å². The molecule has 1 aliphatic rings. The van der Waals surface area contributed by atoms with E-state index in [2.05, 4.69) is 10.1 Å². The lowest BCUT2D eigenvalue weighted by atomic mass is 10.1. The summed E-state index contributed by atoms with van der Waals surface area (Å²) in [6.45, 7) is 1.11. The summed E-state index contributed by atoms with van der Waals surface area (Å²) in [5.41, 5.74) is 5.97. The van der Waals surface area contributed by atoms with Crippen molar-refractivity contribution in [3.05, 3.63) is 29.8 Å². The first kappa shape index (κ1) is 17.9. The lowest BCUT2D eigenvalue weighted by molar-refractivity contribution is -0.274. The number of carbonyl (C=O) groups excluding carboxylic acids is 2. The van der Waals surface area contributed by atoms with Gasteiger partial charge in [0, 0.05) is 19.6 Å². The average molecular weight is 345 g/mol. The summed E-state index contributed by atoms with van der Waals surface area (Å²) in [4.78, 5) is 24.5. The van der Waals surface area contributed by atoms with E-state index in [9.17, 15) is 22.8 Å². The molecule has 1 aromatic carbocycles. The molecule has 3 N–H and O–H groups in total. The van der Waals surface area contributed by atoms with Gasteiger partial charge in [0.15, 0.2) is 0 Å². The molecular weight excluding hydrogens is 327 g/mol. The Morgan fingerprint density at radius 3 is 2.50 bits per heavy atom. The first-order chi connectivity index (χ1) is 11.2. The molecule has 0 unspecified atom stereocenters. The third kappa shape index (κ3) is 5.32. The smallest absolute Gasteiger partial charge is 0.406 e. The van der Waals surface area contributed by atoms with Crippen molar-refractivity contribution in [2.24, 2.45) is 11.7 Å². The normalized spacial score (nSPS) is 17.6. The van der Waals surface area contributed by atoms with Crippen LogP contribution in [0.25, 0.3) is 0 Å². The van der Waals surface area contributed by atoms with Crippen LogP contribution in [0.4, 0.5) is 18.0 Å². The highest BCUT2D eigenvalue weighted by Crippen LogP contribution is 2.22. The number of urea groups is 1. The fraction of sp³-hybridized carbons (Fsp3) is 0.467. The Hall–Kier alpha value is -2.45. The van der Waals surface area contributed by atoms with Crippen molar-refractivity contribution in [1.82, 2.24) is 10.2 Å². The lowest BCUT2D eigenvalue weighted by Gasteiger charge is -2.17. The van der Waals surface area contributed by atoms with Gasteiger partial charge in [-0.2, -0.15) is 0 Å². The number of alkyl halides is 3. The zero-order chi connectivity index (χ0) is 17.7. The van der Waals surface area contributed by atoms with Crippen LogP contribution in [0.15, 0.2) is 24.3 Å². The number of nitrogens with zero attached hydrogens (tertiary/aromatic N) is 1. The van der Waals surface area contributed by atoms with Crippen molar-refractivity contribution in [3.8, 4) is 5.75 Å². The van der Waals surface area contributed by atoms with Crippen molar-refractivity contribution >= 4 is 11.9 Å². The van der Waals surface area contributed by atoms with Crippen molar-refractivity contribution in [2.45, 2.75) is 19.2 Å². The van der Waals surface area contributed by atoms with Gasteiger partial charge in [-0.05, 0) is 30.5 Å². The zero-order valence-corrected chi connectivity index (χ0v) is 12.8. The van der Waals surface area contributed by atoms with Crippen molar-refractivity contribution in [2.75, 3.05) is 19.6 Å². The number of hydrogen-bond acceptors (Lipinski definition) is 3. The Kier molecular flexibility index (Phi) is 5.53. The summed E-state index contributed by atoms with van der Waals surface area (Å²) in [5.74, 6) is -1.01. The number of primary amides is 1. The summed E-state index contributed by atoms with van der Waals surface area (Å²) in [6.07, 6.45) is -3.69.